The zero-order valence-electron chi connectivity index (χ0n) is 21.9. The number of benzene rings is 2. The Labute approximate surface area is 222 Å². The quantitative estimate of drug-likeness (QED) is 0.114. The van der Waals surface area contributed by atoms with Gasteiger partial charge in [-0.25, -0.2) is 0 Å². The topological polar surface area (TPSA) is 93.2 Å². The van der Waals surface area contributed by atoms with E-state index in [1.807, 2.05) is 6.07 Å². The van der Waals surface area contributed by atoms with Crippen LogP contribution in [0.5, 0.6) is 23.0 Å². The molecule has 1 aromatic heterocycles. The van der Waals surface area contributed by atoms with Crippen LogP contribution in [0.4, 0.5) is 0 Å². The standard InChI is InChI=1S/C29H35N2O7/c1-34-26-11-10-21-16-25-23-18-28-27(36-20-37-28)17-22(23)12-13-30(25)19-24(21)29(26)35-14-8-6-4-2-3-5-7-9-15-38-31(32)33/h10-11,16-19H,2-9,12-15,20H2,1H3/q+1. The predicted molar refractivity (Wildman–Crippen MR) is 141 cm³/mol. The molecule has 3 heterocycles. The third-order valence-corrected chi connectivity index (χ3v) is 7.28. The van der Waals surface area contributed by atoms with Crippen molar-refractivity contribution >= 4 is 10.8 Å². The van der Waals surface area contributed by atoms with E-state index in [4.69, 9.17) is 18.9 Å². The molecule has 202 valence electrons. The number of hydrogen-bond donors (Lipinski definition) is 0. The summed E-state index contributed by atoms with van der Waals surface area (Å²) in [6, 6.07) is 10.5. The molecule has 0 spiro atoms. The van der Waals surface area contributed by atoms with Crippen molar-refractivity contribution in [1.29, 1.82) is 0 Å². The molecule has 0 unspecified atom stereocenters. The van der Waals surface area contributed by atoms with Crippen molar-refractivity contribution < 1.29 is 33.4 Å². The number of methoxy groups -OCH3 is 1. The lowest BCUT2D eigenvalue weighted by atomic mass is 9.95. The lowest BCUT2D eigenvalue weighted by molar-refractivity contribution is -0.757. The van der Waals surface area contributed by atoms with Crippen LogP contribution in [0.2, 0.25) is 0 Å². The summed E-state index contributed by atoms with van der Waals surface area (Å²) in [4.78, 5) is 14.5. The Kier molecular flexibility index (Phi) is 8.31. The summed E-state index contributed by atoms with van der Waals surface area (Å²) in [7, 11) is 1.68. The molecule has 3 aromatic rings. The van der Waals surface area contributed by atoms with Gasteiger partial charge in [-0.1, -0.05) is 38.5 Å². The van der Waals surface area contributed by atoms with Gasteiger partial charge in [-0.05, 0) is 48.1 Å². The number of aryl methyl sites for hydroxylation is 2. The number of fused-ring (bicyclic) bond motifs is 5. The SMILES string of the molecule is COc1ccc2cc3[n+](cc2c1OCCCCCCCCCCO[N+](=O)[O-])CCc1cc2c(cc1-3)OCO2. The van der Waals surface area contributed by atoms with Crippen LogP contribution in [0.1, 0.15) is 56.9 Å². The molecular formula is C29H35N2O7+. The molecule has 0 aliphatic carbocycles. The third-order valence-electron chi connectivity index (χ3n) is 7.28. The molecule has 5 rings (SSSR count). The highest BCUT2D eigenvalue weighted by atomic mass is 16.9. The first-order chi connectivity index (χ1) is 18.6. The predicted octanol–water partition coefficient (Wildman–Crippen LogP) is 5.80. The van der Waals surface area contributed by atoms with Crippen LogP contribution in [0.15, 0.2) is 36.5 Å². The minimum absolute atomic E-state index is 0.197. The molecule has 0 bridgehead atoms. The fraction of sp³-hybridized carbons (Fsp3) is 0.483. The van der Waals surface area contributed by atoms with Gasteiger partial charge < -0.3 is 23.8 Å². The Bertz CT molecular complexity index is 1290. The van der Waals surface area contributed by atoms with Crippen LogP contribution in [-0.2, 0) is 17.8 Å². The van der Waals surface area contributed by atoms with E-state index in [9.17, 15) is 10.1 Å². The second kappa shape index (κ2) is 12.2. The number of rotatable bonds is 14. The maximum Gasteiger partial charge on any atom is 0.294 e. The van der Waals surface area contributed by atoms with E-state index in [-0.39, 0.29) is 13.4 Å². The van der Waals surface area contributed by atoms with Crippen molar-refractivity contribution in [2.45, 2.75) is 64.3 Å². The summed E-state index contributed by atoms with van der Waals surface area (Å²) in [5.41, 5.74) is 3.63. The lowest BCUT2D eigenvalue weighted by Gasteiger charge is -2.18. The summed E-state index contributed by atoms with van der Waals surface area (Å²) in [6.07, 6.45) is 11.5. The third kappa shape index (κ3) is 5.87. The van der Waals surface area contributed by atoms with Crippen molar-refractivity contribution in [3.05, 3.63) is 52.2 Å². The first-order valence-electron chi connectivity index (χ1n) is 13.5. The van der Waals surface area contributed by atoms with Crippen molar-refractivity contribution in [1.82, 2.24) is 0 Å². The Morgan fingerprint density at radius 3 is 2.39 bits per heavy atom. The molecule has 0 fully saturated rings. The molecule has 38 heavy (non-hydrogen) atoms. The van der Waals surface area contributed by atoms with Crippen LogP contribution < -0.4 is 23.5 Å². The smallest absolute Gasteiger partial charge is 0.294 e. The number of nitrogens with zero attached hydrogens (tertiary/aromatic N) is 2. The second-order valence-corrected chi connectivity index (χ2v) is 9.80. The van der Waals surface area contributed by atoms with E-state index in [0.29, 0.717) is 6.61 Å². The van der Waals surface area contributed by atoms with Gasteiger partial charge in [0.05, 0.1) is 31.3 Å². The Hall–Kier alpha value is -3.75. The van der Waals surface area contributed by atoms with E-state index < -0.39 is 5.09 Å². The number of unbranched alkanes of at least 4 members (excludes halogenated alkanes) is 7. The summed E-state index contributed by atoms with van der Waals surface area (Å²) < 4.78 is 25.5. The van der Waals surface area contributed by atoms with E-state index in [1.54, 1.807) is 7.11 Å². The second-order valence-electron chi connectivity index (χ2n) is 9.80. The molecule has 0 radical (unpaired) electrons. The summed E-state index contributed by atoms with van der Waals surface area (Å²) in [5.74, 6) is 3.18. The minimum Gasteiger partial charge on any atom is -0.493 e. The maximum atomic E-state index is 10.1. The maximum absolute atomic E-state index is 10.1. The fourth-order valence-electron chi connectivity index (χ4n) is 5.28. The fourth-order valence-corrected chi connectivity index (χ4v) is 5.28. The van der Waals surface area contributed by atoms with E-state index in [1.165, 1.54) is 16.8 Å². The zero-order chi connectivity index (χ0) is 26.3. The number of pyridine rings is 1. The van der Waals surface area contributed by atoms with Gasteiger partial charge in [0, 0.05) is 12.5 Å². The number of hydrogen-bond acceptors (Lipinski definition) is 7. The molecule has 2 aromatic carbocycles. The van der Waals surface area contributed by atoms with Crippen LogP contribution in [0.3, 0.4) is 0 Å². The van der Waals surface area contributed by atoms with Crippen LogP contribution >= 0.6 is 0 Å². The molecule has 0 saturated carbocycles. The van der Waals surface area contributed by atoms with Crippen LogP contribution in [0.25, 0.3) is 22.0 Å². The van der Waals surface area contributed by atoms with E-state index in [2.05, 4.69) is 39.9 Å². The Morgan fingerprint density at radius 2 is 1.66 bits per heavy atom. The van der Waals surface area contributed by atoms with Gasteiger partial charge in [0.2, 0.25) is 12.5 Å². The van der Waals surface area contributed by atoms with Gasteiger partial charge in [-0.2, -0.15) is 4.57 Å². The van der Waals surface area contributed by atoms with E-state index >= 15 is 0 Å². The molecule has 0 N–H and O–H groups in total. The molecule has 9 nitrogen and oxygen atoms in total. The monoisotopic (exact) mass is 523 g/mol. The Morgan fingerprint density at radius 1 is 0.947 bits per heavy atom. The molecule has 0 atom stereocenters. The van der Waals surface area contributed by atoms with Gasteiger partial charge in [-0.3, -0.25) is 0 Å². The number of aromatic nitrogens is 1. The lowest BCUT2D eigenvalue weighted by Crippen LogP contribution is -2.40. The van der Waals surface area contributed by atoms with Crippen molar-refractivity contribution in [2.75, 3.05) is 27.1 Å². The summed E-state index contributed by atoms with van der Waals surface area (Å²) in [5, 5.41) is 11.6. The first-order valence-corrected chi connectivity index (χ1v) is 13.5. The average Bonchev–Trinajstić information content (AvgIpc) is 3.38. The summed E-state index contributed by atoms with van der Waals surface area (Å²) in [6.45, 7) is 2.00. The zero-order valence-corrected chi connectivity index (χ0v) is 21.9. The average molecular weight is 524 g/mol. The van der Waals surface area contributed by atoms with Crippen molar-refractivity contribution in [3.8, 4) is 34.3 Å². The molecular weight excluding hydrogens is 488 g/mol. The molecule has 0 saturated heterocycles. The molecule has 2 aliphatic rings. The van der Waals surface area contributed by atoms with Crippen molar-refractivity contribution in [3.63, 3.8) is 0 Å². The summed E-state index contributed by atoms with van der Waals surface area (Å²) >= 11 is 0. The van der Waals surface area contributed by atoms with Gasteiger partial charge >= 0.3 is 0 Å². The van der Waals surface area contributed by atoms with Crippen LogP contribution in [0, 0.1) is 10.1 Å². The molecule has 2 aliphatic heterocycles. The molecule has 0 amide bonds. The largest absolute Gasteiger partial charge is 0.493 e. The highest BCUT2D eigenvalue weighted by Gasteiger charge is 2.28. The van der Waals surface area contributed by atoms with Gasteiger partial charge in [0.1, 0.15) is 0 Å². The highest BCUT2D eigenvalue weighted by Crippen LogP contribution is 2.41. The van der Waals surface area contributed by atoms with Crippen molar-refractivity contribution in [2.24, 2.45) is 0 Å². The number of ether oxygens (including phenoxy) is 4. The first kappa shape index (κ1) is 25.9. The van der Waals surface area contributed by atoms with Gasteiger partial charge in [0.15, 0.2) is 35.7 Å². The molecule has 9 heteroatoms. The Balaban J connectivity index is 1.17. The van der Waals surface area contributed by atoms with Crippen LogP contribution in [-0.4, -0.2) is 32.2 Å². The minimum atomic E-state index is -0.724. The van der Waals surface area contributed by atoms with E-state index in [0.717, 1.165) is 98.1 Å². The van der Waals surface area contributed by atoms with Gasteiger partial charge in [0.25, 0.3) is 5.09 Å². The highest BCUT2D eigenvalue weighted by molar-refractivity contribution is 5.91. The van der Waals surface area contributed by atoms with Gasteiger partial charge in [-0.15, -0.1) is 10.1 Å². The normalized spacial score (nSPS) is 13.2.